The minimum Gasteiger partial charge on any atom is -0.454 e. The smallest absolute Gasteiger partial charge is 0.338 e. The molecular weight excluding hydrogens is 431 g/mol. The zero-order chi connectivity index (χ0) is 21.8. The highest BCUT2D eigenvalue weighted by molar-refractivity contribution is 6.42. The molecule has 1 aliphatic rings. The second-order valence-corrected chi connectivity index (χ2v) is 8.10. The van der Waals surface area contributed by atoms with Gasteiger partial charge in [-0.15, -0.1) is 0 Å². The van der Waals surface area contributed by atoms with Gasteiger partial charge >= 0.3 is 5.97 Å². The van der Waals surface area contributed by atoms with E-state index in [0.717, 1.165) is 25.9 Å². The summed E-state index contributed by atoms with van der Waals surface area (Å²) >= 11 is 11.7. The van der Waals surface area contributed by atoms with Crippen molar-refractivity contribution < 1.29 is 19.2 Å². The largest absolute Gasteiger partial charge is 0.454 e. The van der Waals surface area contributed by atoms with Gasteiger partial charge in [-0.1, -0.05) is 30.1 Å². The summed E-state index contributed by atoms with van der Waals surface area (Å²) in [5.74, 6) is -0.837. The van der Waals surface area contributed by atoms with Gasteiger partial charge in [-0.25, -0.2) is 4.79 Å². The maximum atomic E-state index is 12.4. The quantitative estimate of drug-likeness (QED) is 0.260. The van der Waals surface area contributed by atoms with E-state index in [1.54, 1.807) is 6.07 Å². The van der Waals surface area contributed by atoms with Crippen LogP contribution in [0.1, 0.15) is 40.5 Å². The van der Waals surface area contributed by atoms with Gasteiger partial charge in [0.25, 0.3) is 5.69 Å². The van der Waals surface area contributed by atoms with E-state index in [-0.39, 0.29) is 21.8 Å². The van der Waals surface area contributed by atoms with Gasteiger partial charge in [0.15, 0.2) is 12.4 Å². The Bertz CT molecular complexity index is 995. The van der Waals surface area contributed by atoms with Gasteiger partial charge in [0.05, 0.1) is 20.5 Å². The molecule has 0 saturated carbocycles. The van der Waals surface area contributed by atoms with E-state index in [2.05, 4.69) is 6.92 Å². The second kappa shape index (κ2) is 9.45. The summed E-state index contributed by atoms with van der Waals surface area (Å²) in [7, 11) is 0. The molecule has 0 aromatic heterocycles. The average molecular weight is 451 g/mol. The Hall–Kier alpha value is -2.64. The lowest BCUT2D eigenvalue weighted by Crippen LogP contribution is -2.34. The van der Waals surface area contributed by atoms with Gasteiger partial charge in [-0.2, -0.15) is 0 Å². The van der Waals surface area contributed by atoms with E-state index in [4.69, 9.17) is 27.9 Å². The molecule has 0 amide bonds. The maximum Gasteiger partial charge on any atom is 0.338 e. The molecule has 1 fully saturated rings. The van der Waals surface area contributed by atoms with Crippen LogP contribution >= 0.6 is 23.2 Å². The number of ketones is 1. The van der Waals surface area contributed by atoms with Gasteiger partial charge in [0.1, 0.15) is 5.69 Å². The topological polar surface area (TPSA) is 89.8 Å². The molecule has 2 aromatic rings. The number of esters is 1. The molecule has 1 heterocycles. The molecule has 0 N–H and O–H groups in total. The Morgan fingerprint density at radius 3 is 2.57 bits per heavy atom. The molecule has 0 spiro atoms. The lowest BCUT2D eigenvalue weighted by Gasteiger charge is -2.32. The van der Waals surface area contributed by atoms with Crippen LogP contribution in [-0.2, 0) is 4.74 Å². The molecule has 1 saturated heterocycles. The van der Waals surface area contributed by atoms with Crippen molar-refractivity contribution in [1.29, 1.82) is 0 Å². The molecule has 30 heavy (non-hydrogen) atoms. The van der Waals surface area contributed by atoms with Crippen molar-refractivity contribution in [3.63, 3.8) is 0 Å². The number of ether oxygens (including phenoxy) is 1. The highest BCUT2D eigenvalue weighted by Gasteiger charge is 2.25. The molecule has 158 valence electrons. The highest BCUT2D eigenvalue weighted by Crippen LogP contribution is 2.32. The molecule has 1 aliphatic heterocycles. The fraction of sp³-hybridized carbons (Fsp3) is 0.333. The third kappa shape index (κ3) is 5.09. The second-order valence-electron chi connectivity index (χ2n) is 7.28. The number of halogens is 2. The van der Waals surface area contributed by atoms with Gasteiger partial charge in [0, 0.05) is 24.7 Å². The summed E-state index contributed by atoms with van der Waals surface area (Å²) in [5.41, 5.74) is 0.583. The first kappa shape index (κ1) is 22.1. The van der Waals surface area contributed by atoms with Crippen LogP contribution in [0.3, 0.4) is 0 Å². The zero-order valence-electron chi connectivity index (χ0n) is 16.3. The van der Waals surface area contributed by atoms with Crippen LogP contribution in [0.25, 0.3) is 0 Å². The van der Waals surface area contributed by atoms with Crippen molar-refractivity contribution in [2.75, 3.05) is 24.6 Å². The van der Waals surface area contributed by atoms with Gasteiger partial charge in [-0.3, -0.25) is 14.9 Å². The fourth-order valence-electron chi connectivity index (χ4n) is 3.44. The van der Waals surface area contributed by atoms with E-state index in [0.29, 0.717) is 16.6 Å². The number of rotatable bonds is 6. The molecule has 2 aromatic carbocycles. The third-order valence-electron chi connectivity index (χ3n) is 4.98. The maximum absolute atomic E-state index is 12.4. The number of hydrogen-bond acceptors (Lipinski definition) is 6. The predicted octanol–water partition coefficient (Wildman–Crippen LogP) is 5.18. The average Bonchev–Trinajstić information content (AvgIpc) is 2.73. The monoisotopic (exact) mass is 450 g/mol. The number of carbonyl (C=O) groups excluding carboxylic acids is 2. The van der Waals surface area contributed by atoms with E-state index in [1.807, 2.05) is 4.90 Å². The van der Waals surface area contributed by atoms with Crippen LogP contribution in [0.15, 0.2) is 36.4 Å². The lowest BCUT2D eigenvalue weighted by molar-refractivity contribution is -0.384. The van der Waals surface area contributed by atoms with Gasteiger partial charge in [-0.05, 0) is 49.1 Å². The summed E-state index contributed by atoms with van der Waals surface area (Å²) in [4.78, 5) is 37.6. The molecule has 0 bridgehead atoms. The fourth-order valence-corrected chi connectivity index (χ4v) is 3.74. The molecule has 9 heteroatoms. The Balaban J connectivity index is 1.72. The van der Waals surface area contributed by atoms with E-state index >= 15 is 0 Å². The minimum atomic E-state index is -0.815. The number of nitro benzene ring substituents is 1. The Morgan fingerprint density at radius 2 is 1.90 bits per heavy atom. The molecule has 0 radical (unpaired) electrons. The molecule has 7 nitrogen and oxygen atoms in total. The third-order valence-corrected chi connectivity index (χ3v) is 5.72. The molecule has 3 rings (SSSR count). The first-order valence-corrected chi connectivity index (χ1v) is 10.2. The van der Waals surface area contributed by atoms with Crippen molar-refractivity contribution in [3.8, 4) is 0 Å². The lowest BCUT2D eigenvalue weighted by atomic mass is 9.99. The molecule has 1 unspecified atom stereocenters. The number of Topliss-reactive ketones (excluding diaryl/α,β-unsaturated/α-hetero) is 1. The van der Waals surface area contributed by atoms with Crippen LogP contribution in [0.4, 0.5) is 11.4 Å². The van der Waals surface area contributed by atoms with Gasteiger partial charge in [0.2, 0.25) is 0 Å². The van der Waals surface area contributed by atoms with Crippen molar-refractivity contribution in [2.45, 2.75) is 19.8 Å². The van der Waals surface area contributed by atoms with Crippen LogP contribution < -0.4 is 4.90 Å². The predicted molar refractivity (Wildman–Crippen MR) is 115 cm³/mol. The number of nitrogens with zero attached hydrogens (tertiary/aromatic N) is 2. The number of anilines is 1. The summed E-state index contributed by atoms with van der Waals surface area (Å²) in [5, 5.41) is 12.1. The normalized spacial score (nSPS) is 16.2. The van der Waals surface area contributed by atoms with E-state index < -0.39 is 23.3 Å². The van der Waals surface area contributed by atoms with Crippen molar-refractivity contribution in [3.05, 3.63) is 67.7 Å². The van der Waals surface area contributed by atoms with E-state index in [1.165, 1.54) is 30.3 Å². The number of carbonyl (C=O) groups is 2. The van der Waals surface area contributed by atoms with Crippen LogP contribution in [-0.4, -0.2) is 36.4 Å². The Kier molecular flexibility index (Phi) is 6.95. The SMILES string of the molecule is CC1CCCN(c2ccc(C(=O)OCC(=O)c3ccc(Cl)c(Cl)c3)cc2[N+](=O)[O-])C1. The summed E-state index contributed by atoms with van der Waals surface area (Å²) in [6.45, 7) is 3.04. The Morgan fingerprint density at radius 1 is 1.17 bits per heavy atom. The van der Waals surface area contributed by atoms with Gasteiger partial charge < -0.3 is 9.64 Å². The van der Waals surface area contributed by atoms with Crippen molar-refractivity contribution >= 4 is 46.3 Å². The summed E-state index contributed by atoms with van der Waals surface area (Å²) in [6.07, 6.45) is 2.04. The van der Waals surface area contributed by atoms with Crippen molar-refractivity contribution in [2.24, 2.45) is 5.92 Å². The zero-order valence-corrected chi connectivity index (χ0v) is 17.8. The first-order chi connectivity index (χ1) is 14.3. The number of benzene rings is 2. The summed E-state index contributed by atoms with van der Waals surface area (Å²) < 4.78 is 5.05. The number of hydrogen-bond donors (Lipinski definition) is 0. The van der Waals surface area contributed by atoms with Crippen LogP contribution in [0, 0.1) is 16.0 Å². The Labute approximate surface area is 183 Å². The van der Waals surface area contributed by atoms with Crippen LogP contribution in [0.5, 0.6) is 0 Å². The van der Waals surface area contributed by atoms with Crippen LogP contribution in [0.2, 0.25) is 10.0 Å². The highest BCUT2D eigenvalue weighted by atomic mass is 35.5. The van der Waals surface area contributed by atoms with Crippen molar-refractivity contribution in [1.82, 2.24) is 0 Å². The molecule has 0 aliphatic carbocycles. The minimum absolute atomic E-state index is 0.0115. The standard InChI is InChI=1S/C21H20Cl2N2O5/c1-13-3-2-8-24(11-13)18-7-5-15(10-19(18)25(28)29)21(27)30-12-20(26)14-4-6-16(22)17(23)9-14/h4-7,9-10,13H,2-3,8,11-12H2,1H3. The summed E-state index contributed by atoms with van der Waals surface area (Å²) in [6, 6.07) is 8.58. The number of piperidine rings is 1. The molecular formula is C21H20Cl2N2O5. The number of nitro groups is 1. The van der Waals surface area contributed by atoms with E-state index in [9.17, 15) is 19.7 Å². The molecule has 1 atom stereocenters. The first-order valence-electron chi connectivity index (χ1n) is 9.45.